The lowest BCUT2D eigenvalue weighted by molar-refractivity contribution is 0.587. The molecule has 1 aliphatic heterocycles. The highest BCUT2D eigenvalue weighted by Gasteiger charge is 2.19. The van der Waals surface area contributed by atoms with Crippen molar-refractivity contribution in [2.24, 2.45) is 5.92 Å². The molecule has 0 fully saturated rings. The summed E-state index contributed by atoms with van der Waals surface area (Å²) in [6, 6.07) is 0. The van der Waals surface area contributed by atoms with Gasteiger partial charge in [-0.05, 0) is 5.92 Å². The van der Waals surface area contributed by atoms with E-state index in [2.05, 4.69) is 15.0 Å². The molecule has 0 bridgehead atoms. The average molecular weight is 275 g/mol. The molecule has 0 atom stereocenters. The quantitative estimate of drug-likeness (QED) is 0.866. The van der Waals surface area contributed by atoms with Gasteiger partial charge in [0.25, 0.3) is 0 Å². The fraction of sp³-hybridized carbons (Fsp3) is 0.700. The molecule has 0 aliphatic carbocycles. The minimum absolute atomic E-state index is 0.115. The summed E-state index contributed by atoms with van der Waals surface area (Å²) in [6.45, 7) is 5.47. The van der Waals surface area contributed by atoms with Crippen molar-refractivity contribution in [2.75, 3.05) is 17.0 Å². The first-order valence-corrected chi connectivity index (χ1v) is 8.13. The molecular weight excluding hydrogens is 258 g/mol. The van der Waals surface area contributed by atoms with E-state index in [1.54, 1.807) is 0 Å². The van der Waals surface area contributed by atoms with Crippen LogP contribution in [0.1, 0.15) is 24.4 Å². The number of nitrogens with zero attached hydrogens (tertiary/aromatic N) is 1. The van der Waals surface area contributed by atoms with Gasteiger partial charge < -0.3 is 5.32 Å². The van der Waals surface area contributed by atoms with Gasteiger partial charge in [0.15, 0.2) is 5.13 Å². The number of nitrogens with one attached hydrogen (secondary N) is 2. The first kappa shape index (κ1) is 12.8. The molecule has 7 heteroatoms. The molecule has 96 valence electrons. The second-order valence-electron chi connectivity index (χ2n) is 4.59. The Hall–Kier alpha value is -0.660. The first-order chi connectivity index (χ1) is 7.96. The summed E-state index contributed by atoms with van der Waals surface area (Å²) in [5, 5.41) is 3.74. The lowest BCUT2D eigenvalue weighted by Crippen LogP contribution is -2.22. The molecule has 2 N–H and O–H groups in total. The van der Waals surface area contributed by atoms with Crippen LogP contribution in [0.5, 0.6) is 0 Å². The van der Waals surface area contributed by atoms with Crippen molar-refractivity contribution in [3.05, 3.63) is 10.6 Å². The molecule has 0 saturated heterocycles. The van der Waals surface area contributed by atoms with Gasteiger partial charge in [0, 0.05) is 24.4 Å². The molecule has 2 heterocycles. The van der Waals surface area contributed by atoms with Gasteiger partial charge in [-0.25, -0.2) is 13.4 Å². The summed E-state index contributed by atoms with van der Waals surface area (Å²) < 4.78 is 26.1. The normalized spacial score (nSPS) is 15.9. The average Bonchev–Trinajstić information content (AvgIpc) is 2.55. The number of anilines is 1. The van der Waals surface area contributed by atoms with E-state index in [-0.39, 0.29) is 11.7 Å². The zero-order valence-electron chi connectivity index (χ0n) is 9.99. The van der Waals surface area contributed by atoms with E-state index in [0.29, 0.717) is 5.13 Å². The standard InChI is InChI=1S/C10H17N3O2S2/c1-7(2)6-17(14,15)13-10-12-8-3-4-11-5-9(8)16-10/h7,11H,3-6H2,1-2H3,(H,12,13). The molecule has 0 amide bonds. The second-order valence-corrected chi connectivity index (χ2v) is 7.44. The number of thiazole rings is 1. The van der Waals surface area contributed by atoms with Gasteiger partial charge in [-0.1, -0.05) is 25.2 Å². The summed E-state index contributed by atoms with van der Waals surface area (Å²) in [7, 11) is -3.26. The predicted molar refractivity (Wildman–Crippen MR) is 69.8 cm³/mol. The lowest BCUT2D eigenvalue weighted by atomic mass is 10.2. The van der Waals surface area contributed by atoms with Crippen molar-refractivity contribution >= 4 is 26.5 Å². The Kier molecular flexibility index (Phi) is 3.70. The predicted octanol–water partition coefficient (Wildman–Crippen LogP) is 1.19. The molecule has 1 aliphatic rings. The largest absolute Gasteiger partial charge is 0.311 e. The van der Waals surface area contributed by atoms with Crippen molar-refractivity contribution in [3.8, 4) is 0 Å². The van der Waals surface area contributed by atoms with Crippen LogP contribution in [0, 0.1) is 5.92 Å². The smallest absolute Gasteiger partial charge is 0.234 e. The third-order valence-corrected chi connectivity index (χ3v) is 5.15. The SMILES string of the molecule is CC(C)CS(=O)(=O)Nc1nc2c(s1)CNCC2. The monoisotopic (exact) mass is 275 g/mol. The molecule has 17 heavy (non-hydrogen) atoms. The topological polar surface area (TPSA) is 71.1 Å². The molecule has 0 unspecified atom stereocenters. The maximum Gasteiger partial charge on any atom is 0.234 e. The van der Waals surface area contributed by atoms with Crippen molar-refractivity contribution in [1.29, 1.82) is 0 Å². The van der Waals surface area contributed by atoms with E-state index in [9.17, 15) is 8.42 Å². The van der Waals surface area contributed by atoms with Crippen LogP contribution in [0.25, 0.3) is 0 Å². The van der Waals surface area contributed by atoms with Crippen LogP contribution in [0.15, 0.2) is 0 Å². The molecule has 5 nitrogen and oxygen atoms in total. The van der Waals surface area contributed by atoms with Crippen LogP contribution < -0.4 is 10.0 Å². The third-order valence-electron chi connectivity index (χ3n) is 2.40. The summed E-state index contributed by atoms with van der Waals surface area (Å²) in [5.74, 6) is 0.249. The number of aromatic nitrogens is 1. The Bertz CT molecular complexity index is 470. The van der Waals surface area contributed by atoms with E-state index in [4.69, 9.17) is 0 Å². The van der Waals surface area contributed by atoms with E-state index in [1.807, 2.05) is 13.8 Å². The minimum Gasteiger partial charge on any atom is -0.311 e. The van der Waals surface area contributed by atoms with Crippen molar-refractivity contribution in [2.45, 2.75) is 26.8 Å². The van der Waals surface area contributed by atoms with Crippen molar-refractivity contribution < 1.29 is 8.42 Å². The molecule has 0 saturated carbocycles. The summed E-state index contributed by atoms with van der Waals surface area (Å²) in [5.41, 5.74) is 1.02. The van der Waals surface area contributed by atoms with Gasteiger partial charge in [0.1, 0.15) is 0 Å². The minimum atomic E-state index is -3.26. The maximum absolute atomic E-state index is 11.8. The van der Waals surface area contributed by atoms with Crippen LogP contribution >= 0.6 is 11.3 Å². The summed E-state index contributed by atoms with van der Waals surface area (Å²) in [4.78, 5) is 5.47. The summed E-state index contributed by atoms with van der Waals surface area (Å²) >= 11 is 1.43. The van der Waals surface area contributed by atoms with Crippen LogP contribution in [-0.4, -0.2) is 25.7 Å². The Morgan fingerprint density at radius 1 is 1.53 bits per heavy atom. The number of fused-ring (bicyclic) bond motifs is 1. The van der Waals surface area contributed by atoms with E-state index < -0.39 is 10.0 Å². The Morgan fingerprint density at radius 2 is 2.29 bits per heavy atom. The number of hydrogen-bond acceptors (Lipinski definition) is 5. The number of sulfonamides is 1. The fourth-order valence-electron chi connectivity index (χ4n) is 1.78. The Balaban J connectivity index is 2.11. The van der Waals surface area contributed by atoms with Crippen molar-refractivity contribution in [3.63, 3.8) is 0 Å². The summed E-state index contributed by atoms with van der Waals surface area (Å²) in [6.07, 6.45) is 0.873. The van der Waals surface area contributed by atoms with Crippen LogP contribution in [0.4, 0.5) is 5.13 Å². The molecule has 2 rings (SSSR count). The highest BCUT2D eigenvalue weighted by molar-refractivity contribution is 7.92. The first-order valence-electron chi connectivity index (χ1n) is 5.66. The Morgan fingerprint density at radius 3 is 2.94 bits per heavy atom. The Labute approximate surface area is 106 Å². The van der Waals surface area contributed by atoms with Crippen LogP contribution in [0.2, 0.25) is 0 Å². The molecule has 1 aromatic heterocycles. The highest BCUT2D eigenvalue weighted by atomic mass is 32.2. The number of hydrogen-bond donors (Lipinski definition) is 2. The molecule has 0 aromatic carbocycles. The van der Waals surface area contributed by atoms with Crippen molar-refractivity contribution in [1.82, 2.24) is 10.3 Å². The van der Waals surface area contributed by atoms with Gasteiger partial charge in [-0.3, -0.25) is 4.72 Å². The van der Waals surface area contributed by atoms with E-state index in [0.717, 1.165) is 30.1 Å². The van der Waals surface area contributed by atoms with Gasteiger partial charge in [-0.2, -0.15) is 0 Å². The fourth-order valence-corrected chi connectivity index (χ4v) is 4.43. The van der Waals surface area contributed by atoms with Gasteiger partial charge >= 0.3 is 0 Å². The number of rotatable bonds is 4. The maximum atomic E-state index is 11.8. The van der Waals surface area contributed by atoms with E-state index >= 15 is 0 Å². The third kappa shape index (κ3) is 3.40. The zero-order valence-corrected chi connectivity index (χ0v) is 11.6. The van der Waals surface area contributed by atoms with E-state index in [1.165, 1.54) is 11.3 Å². The molecule has 1 aromatic rings. The molecule has 0 radical (unpaired) electrons. The molecule has 0 spiro atoms. The van der Waals surface area contributed by atoms with Gasteiger partial charge in [0.05, 0.1) is 11.4 Å². The van der Waals surface area contributed by atoms with Gasteiger partial charge in [0.2, 0.25) is 10.0 Å². The zero-order chi connectivity index (χ0) is 12.5. The molecular formula is C10H17N3O2S2. The van der Waals surface area contributed by atoms with Crippen LogP contribution in [-0.2, 0) is 23.0 Å². The van der Waals surface area contributed by atoms with Crippen LogP contribution in [0.3, 0.4) is 0 Å². The van der Waals surface area contributed by atoms with Gasteiger partial charge in [-0.15, -0.1) is 0 Å². The lowest BCUT2D eigenvalue weighted by Gasteiger charge is -2.09. The highest BCUT2D eigenvalue weighted by Crippen LogP contribution is 2.26. The second kappa shape index (κ2) is 4.91.